The highest BCUT2D eigenvalue weighted by molar-refractivity contribution is 6.30. The molecule has 1 heterocycles. The Morgan fingerprint density at radius 3 is 2.49 bits per heavy atom. The average Bonchev–Trinajstić information content (AvgIpc) is 3.76. The fourth-order valence-electron chi connectivity index (χ4n) is 4.79. The number of fused-ring (bicyclic) bond motifs is 1. The van der Waals surface area contributed by atoms with Gasteiger partial charge in [-0.3, -0.25) is 14.4 Å². The monoisotopic (exact) mass is 554 g/mol. The van der Waals surface area contributed by atoms with Crippen molar-refractivity contribution < 1.29 is 19.1 Å². The highest BCUT2D eigenvalue weighted by atomic mass is 35.5. The second kappa shape index (κ2) is 13.3. The summed E-state index contributed by atoms with van der Waals surface area (Å²) in [5.41, 5.74) is 3.07. The molecule has 2 aromatic carbocycles. The highest BCUT2D eigenvalue weighted by Crippen LogP contribution is 2.33. The summed E-state index contributed by atoms with van der Waals surface area (Å²) in [5.74, 6) is 0.201. The van der Waals surface area contributed by atoms with E-state index < -0.39 is 18.1 Å². The molecule has 1 saturated carbocycles. The first-order valence-electron chi connectivity index (χ1n) is 13.8. The first-order chi connectivity index (χ1) is 18.7. The summed E-state index contributed by atoms with van der Waals surface area (Å²) in [6, 6.07) is 11.6. The van der Waals surface area contributed by atoms with Gasteiger partial charge < -0.3 is 25.6 Å². The van der Waals surface area contributed by atoms with Gasteiger partial charge in [-0.05, 0) is 68.7 Å². The maximum atomic E-state index is 13.4. The third-order valence-electron chi connectivity index (χ3n) is 7.54. The average molecular weight is 555 g/mol. The zero-order valence-electron chi connectivity index (χ0n) is 23.0. The van der Waals surface area contributed by atoms with Crippen LogP contribution in [-0.4, -0.2) is 67.5 Å². The van der Waals surface area contributed by atoms with E-state index in [9.17, 15) is 14.4 Å². The van der Waals surface area contributed by atoms with Crippen LogP contribution in [0, 0.1) is 12.8 Å². The molecule has 4 rings (SSSR count). The van der Waals surface area contributed by atoms with E-state index in [1.54, 1.807) is 20.0 Å². The molecule has 39 heavy (non-hydrogen) atoms. The predicted molar refractivity (Wildman–Crippen MR) is 152 cm³/mol. The molecule has 0 aromatic heterocycles. The van der Waals surface area contributed by atoms with Crippen molar-refractivity contribution in [3.8, 4) is 5.75 Å². The van der Waals surface area contributed by atoms with E-state index in [1.807, 2.05) is 43.3 Å². The summed E-state index contributed by atoms with van der Waals surface area (Å²) >= 11 is 6.23. The Kier molecular flexibility index (Phi) is 9.86. The molecule has 0 unspecified atom stereocenters. The van der Waals surface area contributed by atoms with Crippen LogP contribution in [0.3, 0.4) is 0 Å². The Labute approximate surface area is 235 Å². The van der Waals surface area contributed by atoms with Crippen LogP contribution in [0.25, 0.3) is 0 Å². The number of nitrogens with zero attached hydrogens (tertiary/aromatic N) is 1. The molecule has 9 heteroatoms. The smallest absolute Gasteiger partial charge is 0.243 e. The molecule has 8 nitrogen and oxygen atoms in total. The number of rotatable bonds is 3. The number of nitrogens with one attached hydrogen (secondary N) is 3. The highest BCUT2D eigenvalue weighted by Gasteiger charge is 2.39. The van der Waals surface area contributed by atoms with Crippen LogP contribution in [-0.2, 0) is 27.2 Å². The van der Waals surface area contributed by atoms with Crippen LogP contribution in [0.4, 0.5) is 0 Å². The van der Waals surface area contributed by atoms with Crippen LogP contribution < -0.4 is 20.7 Å². The van der Waals surface area contributed by atoms with Crippen LogP contribution in [0.15, 0.2) is 42.5 Å². The van der Waals surface area contributed by atoms with E-state index in [2.05, 4.69) is 16.0 Å². The maximum Gasteiger partial charge on any atom is 0.243 e. The molecule has 1 fully saturated rings. The number of carbonyl (C=O) groups excluding carboxylic acids is 3. The number of benzene rings is 2. The van der Waals surface area contributed by atoms with E-state index in [-0.39, 0.29) is 23.6 Å². The predicted octanol–water partition coefficient (Wildman–Crippen LogP) is 3.03. The van der Waals surface area contributed by atoms with Gasteiger partial charge in [0, 0.05) is 31.6 Å². The molecule has 0 spiro atoms. The second-order valence-corrected chi connectivity index (χ2v) is 11.1. The quantitative estimate of drug-likeness (QED) is 0.541. The number of halogens is 1. The minimum atomic E-state index is -0.767. The van der Waals surface area contributed by atoms with E-state index in [0.717, 1.165) is 29.5 Å². The Morgan fingerprint density at radius 1 is 1.03 bits per heavy atom. The molecular formula is C30H39ClN4O4. The standard InChI is InChI=1S/C30H39ClN4O4/c1-19-6-8-21(9-7-19)17-25-29(37)33-14-4-5-22-12-13-24(31)18-26(22)39-16-15-32-27(23-10-11-23)30(38)35(3)20(2)28(36)34-25/h6-9,12-13,18,20,23,25,27,32H,4-5,10-11,14-17H2,1-3H3,(H,33,37)(H,34,36)/t20-,25-,27+/m1/s1. The first kappa shape index (κ1) is 28.9. The topological polar surface area (TPSA) is 99.8 Å². The number of likely N-dealkylation sites (N-methyl/N-ethyl adjacent to an activating group) is 1. The van der Waals surface area contributed by atoms with Gasteiger partial charge in [0.15, 0.2) is 0 Å². The third-order valence-corrected chi connectivity index (χ3v) is 7.77. The zero-order valence-corrected chi connectivity index (χ0v) is 23.7. The van der Waals surface area contributed by atoms with Crippen molar-refractivity contribution in [3.63, 3.8) is 0 Å². The van der Waals surface area contributed by atoms with Gasteiger partial charge >= 0.3 is 0 Å². The molecule has 3 atom stereocenters. The molecular weight excluding hydrogens is 516 g/mol. The Bertz CT molecular complexity index is 1170. The van der Waals surface area contributed by atoms with E-state index in [4.69, 9.17) is 16.3 Å². The normalized spacial score (nSPS) is 24.1. The molecule has 2 aliphatic rings. The van der Waals surface area contributed by atoms with Gasteiger partial charge in [-0.2, -0.15) is 0 Å². The van der Waals surface area contributed by atoms with Crippen molar-refractivity contribution >= 4 is 29.3 Å². The van der Waals surface area contributed by atoms with Crippen molar-refractivity contribution in [2.24, 2.45) is 5.92 Å². The number of carbonyl (C=O) groups is 3. The molecule has 0 radical (unpaired) electrons. The Hall–Kier alpha value is -3.10. The van der Waals surface area contributed by atoms with Gasteiger partial charge in [0.2, 0.25) is 17.7 Å². The van der Waals surface area contributed by atoms with Crippen molar-refractivity contribution in [1.82, 2.24) is 20.9 Å². The van der Waals surface area contributed by atoms with Gasteiger partial charge in [-0.25, -0.2) is 0 Å². The van der Waals surface area contributed by atoms with E-state index >= 15 is 0 Å². The molecule has 1 aliphatic heterocycles. The lowest BCUT2D eigenvalue weighted by Gasteiger charge is -2.30. The largest absolute Gasteiger partial charge is 0.492 e. The van der Waals surface area contributed by atoms with Crippen molar-refractivity contribution in [2.45, 2.75) is 64.1 Å². The van der Waals surface area contributed by atoms with Gasteiger partial charge in [0.05, 0.1) is 6.04 Å². The summed E-state index contributed by atoms with van der Waals surface area (Å²) in [5, 5.41) is 9.85. The lowest BCUT2D eigenvalue weighted by atomic mass is 10.0. The number of hydrogen-bond donors (Lipinski definition) is 3. The fraction of sp³-hybridized carbons (Fsp3) is 0.500. The molecule has 0 saturated heterocycles. The van der Waals surface area contributed by atoms with Crippen LogP contribution in [0.2, 0.25) is 5.02 Å². The molecule has 3 N–H and O–H groups in total. The van der Waals surface area contributed by atoms with Crippen LogP contribution in [0.1, 0.15) is 42.9 Å². The van der Waals surface area contributed by atoms with E-state index in [1.165, 1.54) is 4.90 Å². The number of aryl methyl sites for hydroxylation is 2. The summed E-state index contributed by atoms with van der Waals surface area (Å²) < 4.78 is 6.05. The summed E-state index contributed by atoms with van der Waals surface area (Å²) in [6.45, 7) is 5.01. The second-order valence-electron chi connectivity index (χ2n) is 10.6. The summed E-state index contributed by atoms with van der Waals surface area (Å²) in [4.78, 5) is 41.5. The molecule has 0 bridgehead atoms. The van der Waals surface area contributed by atoms with Gasteiger partial charge in [0.25, 0.3) is 0 Å². The fourth-order valence-corrected chi connectivity index (χ4v) is 4.95. The number of ether oxygens (including phenoxy) is 1. The van der Waals surface area contributed by atoms with Crippen molar-refractivity contribution in [2.75, 3.05) is 26.7 Å². The minimum absolute atomic E-state index is 0.135. The van der Waals surface area contributed by atoms with Gasteiger partial charge in [-0.15, -0.1) is 0 Å². The lowest BCUT2D eigenvalue weighted by molar-refractivity contribution is -0.141. The molecule has 1 aliphatic carbocycles. The molecule has 2 aromatic rings. The van der Waals surface area contributed by atoms with Gasteiger partial charge in [-0.1, -0.05) is 47.5 Å². The number of hydrogen-bond acceptors (Lipinski definition) is 5. The summed E-state index contributed by atoms with van der Waals surface area (Å²) in [6.07, 6.45) is 3.68. The van der Waals surface area contributed by atoms with Crippen molar-refractivity contribution in [3.05, 3.63) is 64.2 Å². The Morgan fingerprint density at radius 2 is 1.77 bits per heavy atom. The van der Waals surface area contributed by atoms with Crippen molar-refractivity contribution in [1.29, 1.82) is 0 Å². The maximum absolute atomic E-state index is 13.4. The lowest BCUT2D eigenvalue weighted by Crippen LogP contribution is -2.56. The Balaban J connectivity index is 1.55. The zero-order chi connectivity index (χ0) is 27.9. The van der Waals surface area contributed by atoms with Crippen LogP contribution in [0.5, 0.6) is 5.75 Å². The van der Waals surface area contributed by atoms with E-state index in [0.29, 0.717) is 49.7 Å². The minimum Gasteiger partial charge on any atom is -0.492 e. The third kappa shape index (κ3) is 7.96. The molecule has 210 valence electrons. The number of amides is 3. The molecule has 3 amide bonds. The first-order valence-corrected chi connectivity index (χ1v) is 14.2. The SMILES string of the molecule is Cc1ccc(C[C@H]2NC(=O)[C@@H](C)N(C)C(=O)[C@H](C3CC3)NCCOc3cc(Cl)ccc3CCCNC2=O)cc1. The summed E-state index contributed by atoms with van der Waals surface area (Å²) in [7, 11) is 1.64. The van der Waals surface area contributed by atoms with Crippen LogP contribution >= 0.6 is 11.6 Å². The van der Waals surface area contributed by atoms with Gasteiger partial charge in [0.1, 0.15) is 24.4 Å².